The van der Waals surface area contributed by atoms with Crippen LogP contribution in [-0.4, -0.2) is 32.7 Å². The van der Waals surface area contributed by atoms with Crippen molar-refractivity contribution in [2.75, 3.05) is 31.6 Å². The number of ether oxygens (including phenoxy) is 1. The van der Waals surface area contributed by atoms with Crippen LogP contribution < -0.4 is 15.0 Å². The van der Waals surface area contributed by atoms with E-state index in [2.05, 4.69) is 11.4 Å². The highest BCUT2D eigenvalue weighted by atomic mass is 16.5. The first kappa shape index (κ1) is 14.4. The molecule has 1 fully saturated rings. The summed E-state index contributed by atoms with van der Waals surface area (Å²) in [5.41, 5.74) is 2.31. The molecule has 21 heavy (non-hydrogen) atoms. The predicted octanol–water partition coefficient (Wildman–Crippen LogP) is 2.36. The number of carbonyl (C=O) groups excluding carboxylic acids is 1. The minimum atomic E-state index is 0.273. The van der Waals surface area contributed by atoms with Gasteiger partial charge in [0.2, 0.25) is 5.91 Å². The largest absolute Gasteiger partial charge is 0.497 e. The Kier molecular flexibility index (Phi) is 4.44. The summed E-state index contributed by atoms with van der Waals surface area (Å²) in [6, 6.07) is 6.05. The summed E-state index contributed by atoms with van der Waals surface area (Å²) in [5, 5.41) is 3.39. The van der Waals surface area contributed by atoms with Gasteiger partial charge in [0.1, 0.15) is 5.75 Å². The van der Waals surface area contributed by atoms with Gasteiger partial charge in [0.15, 0.2) is 0 Å². The van der Waals surface area contributed by atoms with Gasteiger partial charge in [0.25, 0.3) is 0 Å². The van der Waals surface area contributed by atoms with Crippen LogP contribution in [0.5, 0.6) is 5.75 Å². The fourth-order valence-electron chi connectivity index (χ4n) is 3.41. The van der Waals surface area contributed by atoms with E-state index in [1.807, 2.05) is 17.0 Å². The minimum absolute atomic E-state index is 0.273. The molecule has 1 amide bonds. The minimum Gasteiger partial charge on any atom is -0.497 e. The van der Waals surface area contributed by atoms with Crippen molar-refractivity contribution in [1.82, 2.24) is 5.32 Å². The van der Waals surface area contributed by atoms with Gasteiger partial charge < -0.3 is 15.0 Å². The molecule has 0 aromatic heterocycles. The van der Waals surface area contributed by atoms with Crippen molar-refractivity contribution in [3.63, 3.8) is 0 Å². The number of methoxy groups -OCH3 is 1. The number of rotatable bonds is 3. The second-order valence-electron chi connectivity index (χ2n) is 6.06. The van der Waals surface area contributed by atoms with Crippen LogP contribution in [-0.2, 0) is 11.2 Å². The summed E-state index contributed by atoms with van der Waals surface area (Å²) in [5.74, 6) is 1.64. The molecular weight excluding hydrogens is 264 g/mol. The number of piperidine rings is 1. The molecule has 1 unspecified atom stereocenters. The number of carbonyl (C=O) groups is 1. The lowest BCUT2D eigenvalue weighted by Gasteiger charge is -2.32. The molecule has 1 saturated heterocycles. The third kappa shape index (κ3) is 3.21. The lowest BCUT2D eigenvalue weighted by molar-refractivity contribution is -0.119. The molecule has 0 aliphatic carbocycles. The Labute approximate surface area is 126 Å². The molecule has 2 aliphatic rings. The number of nitrogens with one attached hydrogen (secondary N) is 1. The molecule has 3 rings (SSSR count). The maximum absolute atomic E-state index is 12.7. The topological polar surface area (TPSA) is 41.6 Å². The van der Waals surface area contributed by atoms with E-state index in [0.717, 1.165) is 43.9 Å². The summed E-state index contributed by atoms with van der Waals surface area (Å²) in [4.78, 5) is 14.6. The van der Waals surface area contributed by atoms with Crippen molar-refractivity contribution >= 4 is 11.6 Å². The zero-order chi connectivity index (χ0) is 14.7. The molecule has 4 heteroatoms. The number of benzene rings is 1. The maximum atomic E-state index is 12.7. The third-order valence-electron chi connectivity index (χ3n) is 4.57. The quantitative estimate of drug-likeness (QED) is 0.928. The van der Waals surface area contributed by atoms with Crippen LogP contribution in [0.25, 0.3) is 0 Å². The number of fused-ring (bicyclic) bond motifs is 1. The molecule has 1 aromatic carbocycles. The summed E-state index contributed by atoms with van der Waals surface area (Å²) in [6.07, 6.45) is 5.09. The molecule has 4 nitrogen and oxygen atoms in total. The van der Waals surface area contributed by atoms with E-state index >= 15 is 0 Å². The molecular formula is C17H24N2O2. The first-order chi connectivity index (χ1) is 10.3. The van der Waals surface area contributed by atoms with E-state index in [1.165, 1.54) is 18.4 Å². The highest BCUT2D eigenvalue weighted by Crippen LogP contribution is 2.31. The van der Waals surface area contributed by atoms with Crippen LogP contribution in [0.2, 0.25) is 0 Å². The zero-order valence-corrected chi connectivity index (χ0v) is 12.7. The maximum Gasteiger partial charge on any atom is 0.227 e. The first-order valence-electron chi connectivity index (χ1n) is 7.96. The van der Waals surface area contributed by atoms with Gasteiger partial charge in [-0.2, -0.15) is 0 Å². The number of hydrogen-bond donors (Lipinski definition) is 1. The second-order valence-corrected chi connectivity index (χ2v) is 6.06. The van der Waals surface area contributed by atoms with Gasteiger partial charge in [-0.15, -0.1) is 0 Å². The number of nitrogens with zero attached hydrogens (tertiary/aromatic N) is 1. The molecule has 0 saturated carbocycles. The van der Waals surface area contributed by atoms with E-state index in [9.17, 15) is 4.79 Å². The summed E-state index contributed by atoms with van der Waals surface area (Å²) >= 11 is 0. The molecule has 1 atom stereocenters. The molecule has 2 aliphatic heterocycles. The van der Waals surface area contributed by atoms with Crippen molar-refractivity contribution in [2.24, 2.45) is 5.92 Å². The number of aryl methyl sites for hydroxylation is 1. The average molecular weight is 288 g/mol. The fourth-order valence-corrected chi connectivity index (χ4v) is 3.41. The van der Waals surface area contributed by atoms with Crippen LogP contribution in [0, 0.1) is 5.92 Å². The number of amides is 1. The Hall–Kier alpha value is -1.55. The number of hydrogen-bond acceptors (Lipinski definition) is 3. The monoisotopic (exact) mass is 288 g/mol. The Morgan fingerprint density at radius 1 is 1.43 bits per heavy atom. The van der Waals surface area contributed by atoms with Crippen molar-refractivity contribution < 1.29 is 9.53 Å². The van der Waals surface area contributed by atoms with Crippen molar-refractivity contribution in [1.29, 1.82) is 0 Å². The SMILES string of the molecule is COc1ccc2c(c1)CCCN2C(=O)CC1CCCNC1. The Bertz CT molecular complexity index is 510. The lowest BCUT2D eigenvalue weighted by Crippen LogP contribution is -2.39. The van der Waals surface area contributed by atoms with Gasteiger partial charge in [-0.05, 0) is 68.5 Å². The highest BCUT2D eigenvalue weighted by molar-refractivity contribution is 5.94. The molecule has 0 spiro atoms. The van der Waals surface area contributed by atoms with E-state index in [1.54, 1.807) is 7.11 Å². The van der Waals surface area contributed by atoms with Crippen LogP contribution >= 0.6 is 0 Å². The fraction of sp³-hybridized carbons (Fsp3) is 0.588. The van der Waals surface area contributed by atoms with Crippen LogP contribution in [0.15, 0.2) is 18.2 Å². The van der Waals surface area contributed by atoms with Crippen LogP contribution in [0.3, 0.4) is 0 Å². The van der Waals surface area contributed by atoms with E-state index in [-0.39, 0.29) is 5.91 Å². The van der Waals surface area contributed by atoms with Gasteiger partial charge in [-0.1, -0.05) is 0 Å². The smallest absolute Gasteiger partial charge is 0.227 e. The predicted molar refractivity (Wildman–Crippen MR) is 83.9 cm³/mol. The lowest BCUT2D eigenvalue weighted by atomic mass is 9.94. The van der Waals surface area contributed by atoms with Gasteiger partial charge in [0, 0.05) is 18.7 Å². The molecule has 1 N–H and O–H groups in total. The van der Waals surface area contributed by atoms with Crippen molar-refractivity contribution in [3.8, 4) is 5.75 Å². The Balaban J connectivity index is 1.73. The molecule has 0 radical (unpaired) electrons. The Morgan fingerprint density at radius 2 is 2.33 bits per heavy atom. The third-order valence-corrected chi connectivity index (χ3v) is 4.57. The van der Waals surface area contributed by atoms with Gasteiger partial charge in [-0.25, -0.2) is 0 Å². The molecule has 114 valence electrons. The standard InChI is InChI=1S/C17H24N2O2/c1-21-15-6-7-16-14(11-15)5-3-9-19(16)17(20)10-13-4-2-8-18-12-13/h6-7,11,13,18H,2-5,8-10,12H2,1H3. The van der Waals surface area contributed by atoms with E-state index < -0.39 is 0 Å². The zero-order valence-electron chi connectivity index (χ0n) is 12.7. The van der Waals surface area contributed by atoms with Gasteiger partial charge in [0.05, 0.1) is 7.11 Å². The van der Waals surface area contributed by atoms with Crippen molar-refractivity contribution in [3.05, 3.63) is 23.8 Å². The van der Waals surface area contributed by atoms with Gasteiger partial charge >= 0.3 is 0 Å². The molecule has 2 heterocycles. The summed E-state index contributed by atoms with van der Waals surface area (Å²) in [6.45, 7) is 2.92. The summed E-state index contributed by atoms with van der Waals surface area (Å²) < 4.78 is 5.29. The first-order valence-corrected chi connectivity index (χ1v) is 7.96. The molecule has 0 bridgehead atoms. The summed E-state index contributed by atoms with van der Waals surface area (Å²) in [7, 11) is 1.68. The highest BCUT2D eigenvalue weighted by Gasteiger charge is 2.25. The van der Waals surface area contributed by atoms with Crippen molar-refractivity contribution in [2.45, 2.75) is 32.1 Å². The molecule has 1 aromatic rings. The van der Waals surface area contributed by atoms with E-state index in [0.29, 0.717) is 12.3 Å². The van der Waals surface area contributed by atoms with Gasteiger partial charge in [-0.3, -0.25) is 4.79 Å². The Morgan fingerprint density at radius 3 is 3.10 bits per heavy atom. The van der Waals surface area contributed by atoms with Crippen LogP contribution in [0.4, 0.5) is 5.69 Å². The van der Waals surface area contributed by atoms with E-state index in [4.69, 9.17) is 4.74 Å². The average Bonchev–Trinajstić information content (AvgIpc) is 2.54. The number of anilines is 1. The van der Waals surface area contributed by atoms with Crippen LogP contribution in [0.1, 0.15) is 31.2 Å². The normalized spacial score (nSPS) is 21.8. The second kappa shape index (κ2) is 6.48.